The number of likely N-dealkylation sites (tertiary alicyclic amines) is 1. The highest BCUT2D eigenvalue weighted by molar-refractivity contribution is 4.82. The third-order valence-corrected chi connectivity index (χ3v) is 4.35. The molecule has 1 unspecified atom stereocenters. The normalized spacial score (nSPS) is 28.2. The van der Waals surface area contributed by atoms with Gasteiger partial charge in [0.2, 0.25) is 0 Å². The van der Waals surface area contributed by atoms with Gasteiger partial charge in [-0.15, -0.1) is 0 Å². The molecule has 0 saturated carbocycles. The molecule has 0 radical (unpaired) electrons. The summed E-state index contributed by atoms with van der Waals surface area (Å²) in [6.45, 7) is 11.0. The molecule has 0 aromatic carbocycles. The van der Waals surface area contributed by atoms with Crippen molar-refractivity contribution in [3.63, 3.8) is 0 Å². The third-order valence-electron chi connectivity index (χ3n) is 4.35. The number of hydrogen-bond acceptors (Lipinski definition) is 4. The van der Waals surface area contributed by atoms with Crippen molar-refractivity contribution in [2.24, 2.45) is 0 Å². The summed E-state index contributed by atoms with van der Waals surface area (Å²) in [5.41, 5.74) is 0. The number of nitrogens with one attached hydrogen (secondary N) is 1. The van der Waals surface area contributed by atoms with E-state index in [0.29, 0.717) is 12.1 Å². The van der Waals surface area contributed by atoms with Crippen LogP contribution in [0.3, 0.4) is 0 Å². The Morgan fingerprint density at radius 2 is 2.06 bits per heavy atom. The van der Waals surface area contributed by atoms with Gasteiger partial charge in [-0.2, -0.15) is 0 Å². The summed E-state index contributed by atoms with van der Waals surface area (Å²) in [5, 5.41) is 3.41. The minimum atomic E-state index is 0.381. The van der Waals surface area contributed by atoms with Crippen LogP contribution in [0.5, 0.6) is 0 Å². The SMILES string of the molecule is CC(C)N1CCC(N(C)CC2CNCCO2)CC1. The van der Waals surface area contributed by atoms with E-state index in [-0.39, 0.29) is 0 Å². The molecule has 2 saturated heterocycles. The molecule has 0 aliphatic carbocycles. The van der Waals surface area contributed by atoms with Gasteiger partial charge in [-0.25, -0.2) is 0 Å². The fraction of sp³-hybridized carbons (Fsp3) is 1.00. The van der Waals surface area contributed by atoms with Gasteiger partial charge in [-0.1, -0.05) is 0 Å². The predicted molar refractivity (Wildman–Crippen MR) is 75.0 cm³/mol. The van der Waals surface area contributed by atoms with Gasteiger partial charge in [0.05, 0.1) is 12.7 Å². The molecule has 0 spiro atoms. The summed E-state index contributed by atoms with van der Waals surface area (Å²) in [6.07, 6.45) is 2.98. The molecule has 2 heterocycles. The molecule has 2 fully saturated rings. The number of rotatable bonds is 4. The van der Waals surface area contributed by atoms with Crippen molar-refractivity contribution in [1.29, 1.82) is 0 Å². The van der Waals surface area contributed by atoms with Gasteiger partial charge < -0.3 is 19.9 Å². The van der Waals surface area contributed by atoms with Crippen LogP contribution in [0, 0.1) is 0 Å². The molecule has 1 N–H and O–H groups in total. The Balaban J connectivity index is 1.71. The van der Waals surface area contributed by atoms with Crippen LogP contribution in [0.1, 0.15) is 26.7 Å². The minimum absolute atomic E-state index is 0.381. The maximum atomic E-state index is 5.78. The zero-order valence-corrected chi connectivity index (χ0v) is 12.2. The van der Waals surface area contributed by atoms with Crippen molar-refractivity contribution in [2.75, 3.05) is 46.4 Å². The standard InChI is InChI=1S/C14H29N3O/c1-12(2)17-7-4-13(5-8-17)16(3)11-14-10-15-6-9-18-14/h12-15H,4-11H2,1-3H3. The van der Waals surface area contributed by atoms with Crippen molar-refractivity contribution < 1.29 is 4.74 Å². The van der Waals surface area contributed by atoms with Gasteiger partial charge >= 0.3 is 0 Å². The van der Waals surface area contributed by atoms with Crippen LogP contribution in [0.4, 0.5) is 0 Å². The molecule has 2 aliphatic heterocycles. The Morgan fingerprint density at radius 1 is 1.33 bits per heavy atom. The lowest BCUT2D eigenvalue weighted by atomic mass is 10.0. The average molecular weight is 255 g/mol. The molecule has 0 bridgehead atoms. The summed E-state index contributed by atoms with van der Waals surface area (Å²) >= 11 is 0. The fourth-order valence-corrected chi connectivity index (χ4v) is 3.05. The Hall–Kier alpha value is -0.160. The second kappa shape index (κ2) is 6.85. The lowest BCUT2D eigenvalue weighted by Crippen LogP contribution is -2.50. The molecule has 0 aromatic rings. The van der Waals surface area contributed by atoms with Gasteiger partial charge in [0, 0.05) is 31.7 Å². The number of likely N-dealkylation sites (N-methyl/N-ethyl adjacent to an activating group) is 1. The first-order chi connectivity index (χ1) is 8.66. The fourth-order valence-electron chi connectivity index (χ4n) is 3.05. The molecule has 4 nitrogen and oxygen atoms in total. The van der Waals surface area contributed by atoms with Gasteiger partial charge in [0.1, 0.15) is 0 Å². The highest BCUT2D eigenvalue weighted by Gasteiger charge is 2.25. The predicted octanol–water partition coefficient (Wildman–Crippen LogP) is 0.779. The maximum absolute atomic E-state index is 5.78. The van der Waals surface area contributed by atoms with E-state index in [1.165, 1.54) is 25.9 Å². The van der Waals surface area contributed by atoms with E-state index in [9.17, 15) is 0 Å². The van der Waals surface area contributed by atoms with E-state index in [2.05, 4.69) is 36.0 Å². The van der Waals surface area contributed by atoms with Gasteiger partial charge in [0.15, 0.2) is 0 Å². The zero-order valence-electron chi connectivity index (χ0n) is 12.2. The largest absolute Gasteiger partial charge is 0.374 e. The van der Waals surface area contributed by atoms with Crippen molar-refractivity contribution in [2.45, 2.75) is 44.9 Å². The van der Waals surface area contributed by atoms with Crippen molar-refractivity contribution in [1.82, 2.24) is 15.1 Å². The number of nitrogens with zero attached hydrogens (tertiary/aromatic N) is 2. The monoisotopic (exact) mass is 255 g/mol. The van der Waals surface area contributed by atoms with Crippen LogP contribution >= 0.6 is 0 Å². The van der Waals surface area contributed by atoms with E-state index >= 15 is 0 Å². The number of morpholine rings is 1. The van der Waals surface area contributed by atoms with Crippen LogP contribution in [0.15, 0.2) is 0 Å². The molecule has 106 valence electrons. The summed E-state index contributed by atoms with van der Waals surface area (Å²) in [4.78, 5) is 5.10. The van der Waals surface area contributed by atoms with E-state index in [0.717, 1.165) is 32.3 Å². The van der Waals surface area contributed by atoms with Crippen molar-refractivity contribution in [3.8, 4) is 0 Å². The summed E-state index contributed by atoms with van der Waals surface area (Å²) in [6, 6.07) is 1.44. The molecule has 2 rings (SSSR count). The van der Waals surface area contributed by atoms with Crippen molar-refractivity contribution >= 4 is 0 Å². The molecule has 0 aromatic heterocycles. The molecule has 4 heteroatoms. The highest BCUT2D eigenvalue weighted by atomic mass is 16.5. The van der Waals surface area contributed by atoms with E-state index in [1.54, 1.807) is 0 Å². The third kappa shape index (κ3) is 3.92. The zero-order chi connectivity index (χ0) is 13.0. The lowest BCUT2D eigenvalue weighted by Gasteiger charge is -2.40. The Kier molecular flexibility index (Phi) is 5.42. The van der Waals surface area contributed by atoms with Gasteiger partial charge in [-0.3, -0.25) is 0 Å². The lowest BCUT2D eigenvalue weighted by molar-refractivity contribution is -0.00444. The maximum Gasteiger partial charge on any atom is 0.0826 e. The van der Waals surface area contributed by atoms with Crippen LogP contribution in [-0.4, -0.2) is 74.4 Å². The Bertz CT molecular complexity index is 233. The topological polar surface area (TPSA) is 27.7 Å². The van der Waals surface area contributed by atoms with Crippen LogP contribution in [0.25, 0.3) is 0 Å². The number of piperidine rings is 1. The second-order valence-corrected chi connectivity index (χ2v) is 6.00. The molecule has 0 amide bonds. The molecule has 1 atom stereocenters. The van der Waals surface area contributed by atoms with E-state index < -0.39 is 0 Å². The minimum Gasteiger partial charge on any atom is -0.374 e. The summed E-state index contributed by atoms with van der Waals surface area (Å²) in [5.74, 6) is 0. The molecular formula is C14H29N3O. The van der Waals surface area contributed by atoms with Crippen molar-refractivity contribution in [3.05, 3.63) is 0 Å². The quantitative estimate of drug-likeness (QED) is 0.803. The first-order valence-electron chi connectivity index (χ1n) is 7.43. The summed E-state index contributed by atoms with van der Waals surface area (Å²) < 4.78 is 5.78. The molecular weight excluding hydrogens is 226 g/mol. The van der Waals surface area contributed by atoms with Gasteiger partial charge in [-0.05, 0) is 46.8 Å². The number of ether oxygens (including phenoxy) is 1. The van der Waals surface area contributed by atoms with E-state index in [4.69, 9.17) is 4.74 Å². The van der Waals surface area contributed by atoms with E-state index in [1.807, 2.05) is 0 Å². The molecule has 2 aliphatic rings. The number of hydrogen-bond donors (Lipinski definition) is 1. The highest BCUT2D eigenvalue weighted by Crippen LogP contribution is 2.17. The first-order valence-corrected chi connectivity index (χ1v) is 7.43. The molecule has 18 heavy (non-hydrogen) atoms. The summed E-state index contributed by atoms with van der Waals surface area (Å²) in [7, 11) is 2.26. The second-order valence-electron chi connectivity index (χ2n) is 6.00. The smallest absolute Gasteiger partial charge is 0.0826 e. The average Bonchev–Trinajstić information content (AvgIpc) is 2.40. The Labute approximate surface area is 112 Å². The van der Waals surface area contributed by atoms with Crippen LogP contribution in [-0.2, 0) is 4.74 Å². The first kappa shape index (κ1) is 14.3. The van der Waals surface area contributed by atoms with Gasteiger partial charge in [0.25, 0.3) is 0 Å². The Morgan fingerprint density at radius 3 is 2.61 bits per heavy atom. The van der Waals surface area contributed by atoms with Crippen LogP contribution in [0.2, 0.25) is 0 Å². The van der Waals surface area contributed by atoms with Crippen LogP contribution < -0.4 is 5.32 Å².